The van der Waals surface area contributed by atoms with Crippen molar-refractivity contribution >= 4 is 27.9 Å². The molecule has 0 aromatic rings. The fraction of sp³-hybridized carbons (Fsp3) is 0.929. The number of carbonyl (C=O) groups is 1. The molecule has 2 rings (SSSR count). The standard InChI is InChI=1S/C14H25NO3S2/c1-12-4-3-5-14(8-12,11-16)10-15-6-7-19-9-13(15)20(2,17)18/h11-13H,3-10H2,1-2H3. The molecule has 0 spiro atoms. The minimum Gasteiger partial charge on any atom is -0.303 e. The Morgan fingerprint density at radius 3 is 2.80 bits per heavy atom. The number of thioether (sulfide) groups is 1. The van der Waals surface area contributed by atoms with Gasteiger partial charge < -0.3 is 4.79 Å². The summed E-state index contributed by atoms with van der Waals surface area (Å²) in [6.07, 6.45) is 6.47. The van der Waals surface area contributed by atoms with E-state index >= 15 is 0 Å². The summed E-state index contributed by atoms with van der Waals surface area (Å²) in [5.74, 6) is 2.14. The highest BCUT2D eigenvalue weighted by Gasteiger charge is 2.40. The summed E-state index contributed by atoms with van der Waals surface area (Å²) < 4.78 is 23.9. The van der Waals surface area contributed by atoms with Crippen LogP contribution in [-0.2, 0) is 14.6 Å². The van der Waals surface area contributed by atoms with E-state index in [1.807, 2.05) is 4.90 Å². The first kappa shape index (κ1) is 16.3. The molecular weight excluding hydrogens is 294 g/mol. The van der Waals surface area contributed by atoms with Gasteiger partial charge in [0, 0.05) is 36.3 Å². The number of carbonyl (C=O) groups excluding carboxylic acids is 1. The minimum atomic E-state index is -3.09. The fourth-order valence-corrected chi connectivity index (χ4v) is 6.53. The van der Waals surface area contributed by atoms with Crippen molar-refractivity contribution in [3.63, 3.8) is 0 Å². The molecule has 2 aliphatic rings. The molecule has 0 N–H and O–H groups in total. The lowest BCUT2D eigenvalue weighted by Crippen LogP contribution is -2.52. The Balaban J connectivity index is 2.14. The van der Waals surface area contributed by atoms with Gasteiger partial charge in [0.15, 0.2) is 9.84 Å². The Morgan fingerprint density at radius 1 is 1.45 bits per heavy atom. The molecular formula is C14H25NO3S2. The Hall–Kier alpha value is -0.0700. The molecule has 3 atom stereocenters. The van der Waals surface area contributed by atoms with Crippen molar-refractivity contribution in [1.82, 2.24) is 4.90 Å². The lowest BCUT2D eigenvalue weighted by atomic mass is 9.70. The summed E-state index contributed by atoms with van der Waals surface area (Å²) in [4.78, 5) is 13.7. The third-order valence-electron chi connectivity index (χ3n) is 4.58. The van der Waals surface area contributed by atoms with Crippen LogP contribution in [0.25, 0.3) is 0 Å². The van der Waals surface area contributed by atoms with Crippen molar-refractivity contribution in [2.45, 2.75) is 38.0 Å². The van der Waals surface area contributed by atoms with Crippen LogP contribution >= 0.6 is 11.8 Å². The highest BCUT2D eigenvalue weighted by Crippen LogP contribution is 2.39. The first-order valence-corrected chi connectivity index (χ1v) is 10.4. The largest absolute Gasteiger partial charge is 0.303 e. The molecule has 2 fully saturated rings. The van der Waals surface area contributed by atoms with Crippen LogP contribution in [0.5, 0.6) is 0 Å². The van der Waals surface area contributed by atoms with Gasteiger partial charge in [0.05, 0.1) is 0 Å². The van der Waals surface area contributed by atoms with Crippen LogP contribution in [0.4, 0.5) is 0 Å². The molecule has 0 aromatic carbocycles. The van der Waals surface area contributed by atoms with Crippen molar-refractivity contribution in [1.29, 1.82) is 0 Å². The first-order valence-electron chi connectivity index (χ1n) is 7.33. The third-order valence-corrected chi connectivity index (χ3v) is 7.27. The van der Waals surface area contributed by atoms with Crippen molar-refractivity contribution in [3.8, 4) is 0 Å². The van der Waals surface area contributed by atoms with Crippen LogP contribution in [0.15, 0.2) is 0 Å². The molecule has 0 bridgehead atoms. The van der Waals surface area contributed by atoms with E-state index in [4.69, 9.17) is 0 Å². The molecule has 6 heteroatoms. The number of hydrogen-bond acceptors (Lipinski definition) is 5. The molecule has 1 heterocycles. The van der Waals surface area contributed by atoms with Crippen molar-refractivity contribution in [3.05, 3.63) is 0 Å². The van der Waals surface area contributed by atoms with E-state index in [0.29, 0.717) is 18.2 Å². The predicted molar refractivity (Wildman–Crippen MR) is 83.7 cm³/mol. The summed E-state index contributed by atoms with van der Waals surface area (Å²) in [5.41, 5.74) is -0.331. The summed E-state index contributed by atoms with van der Waals surface area (Å²) in [6.45, 7) is 3.57. The van der Waals surface area contributed by atoms with Crippen molar-refractivity contribution < 1.29 is 13.2 Å². The van der Waals surface area contributed by atoms with E-state index in [9.17, 15) is 13.2 Å². The number of rotatable bonds is 4. The second kappa shape index (κ2) is 6.36. The van der Waals surface area contributed by atoms with E-state index in [2.05, 4.69) is 6.92 Å². The summed E-state index contributed by atoms with van der Waals surface area (Å²) in [5, 5.41) is -0.421. The van der Waals surface area contributed by atoms with E-state index < -0.39 is 15.2 Å². The summed E-state index contributed by atoms with van der Waals surface area (Å²) >= 11 is 1.69. The maximum Gasteiger partial charge on any atom is 0.164 e. The van der Waals surface area contributed by atoms with Gasteiger partial charge in [-0.05, 0) is 18.8 Å². The zero-order valence-corrected chi connectivity index (χ0v) is 14.0. The Labute approximate surface area is 126 Å². The molecule has 0 aromatic heterocycles. The highest BCUT2D eigenvalue weighted by atomic mass is 32.2. The van der Waals surface area contributed by atoms with E-state index in [0.717, 1.165) is 37.8 Å². The molecule has 1 aliphatic heterocycles. The second-order valence-electron chi connectivity index (χ2n) is 6.51. The maximum atomic E-state index is 12.0. The molecule has 4 nitrogen and oxygen atoms in total. The van der Waals surface area contributed by atoms with Gasteiger partial charge in [0.2, 0.25) is 0 Å². The highest BCUT2D eigenvalue weighted by molar-refractivity contribution is 8.00. The average Bonchev–Trinajstić information content (AvgIpc) is 2.38. The molecule has 20 heavy (non-hydrogen) atoms. The molecule has 3 unspecified atom stereocenters. The molecule has 0 radical (unpaired) electrons. The topological polar surface area (TPSA) is 54.5 Å². The Bertz CT molecular complexity index is 451. The number of hydrogen-bond donors (Lipinski definition) is 0. The van der Waals surface area contributed by atoms with E-state index in [1.165, 1.54) is 12.7 Å². The molecule has 1 aliphatic carbocycles. The minimum absolute atomic E-state index is 0.331. The van der Waals surface area contributed by atoms with Crippen molar-refractivity contribution in [2.24, 2.45) is 11.3 Å². The van der Waals surface area contributed by atoms with Gasteiger partial charge >= 0.3 is 0 Å². The van der Waals surface area contributed by atoms with Crippen LogP contribution in [0, 0.1) is 11.3 Å². The lowest BCUT2D eigenvalue weighted by Gasteiger charge is -2.43. The lowest BCUT2D eigenvalue weighted by molar-refractivity contribution is -0.120. The van der Waals surface area contributed by atoms with Crippen LogP contribution in [0.1, 0.15) is 32.6 Å². The van der Waals surface area contributed by atoms with E-state index in [1.54, 1.807) is 11.8 Å². The van der Waals surface area contributed by atoms with Gasteiger partial charge in [0.1, 0.15) is 11.7 Å². The van der Waals surface area contributed by atoms with Crippen LogP contribution < -0.4 is 0 Å². The van der Waals surface area contributed by atoms with Gasteiger partial charge in [-0.15, -0.1) is 0 Å². The zero-order valence-electron chi connectivity index (χ0n) is 12.4. The first-order chi connectivity index (χ1) is 9.36. The van der Waals surface area contributed by atoms with Crippen molar-refractivity contribution in [2.75, 3.05) is 30.9 Å². The Kier molecular flexibility index (Phi) is 5.19. The van der Waals surface area contributed by atoms with Gasteiger partial charge in [-0.25, -0.2) is 8.42 Å². The Morgan fingerprint density at radius 2 is 2.20 bits per heavy atom. The zero-order chi connectivity index (χ0) is 14.8. The van der Waals surface area contributed by atoms with Crippen LogP contribution in [0.2, 0.25) is 0 Å². The quantitative estimate of drug-likeness (QED) is 0.740. The summed E-state index contributed by atoms with van der Waals surface area (Å²) in [6, 6.07) is 0. The maximum absolute atomic E-state index is 12.0. The van der Waals surface area contributed by atoms with Crippen LogP contribution in [-0.4, -0.2) is 55.8 Å². The number of nitrogens with zero attached hydrogens (tertiary/aromatic N) is 1. The molecule has 116 valence electrons. The number of sulfone groups is 1. The normalized spacial score (nSPS) is 36.7. The predicted octanol–water partition coefficient (Wildman–Crippen LogP) is 1.80. The second-order valence-corrected chi connectivity index (χ2v) is 9.86. The average molecular weight is 319 g/mol. The van der Waals surface area contributed by atoms with Crippen LogP contribution in [0.3, 0.4) is 0 Å². The van der Waals surface area contributed by atoms with Gasteiger partial charge in [0.25, 0.3) is 0 Å². The fourth-order valence-electron chi connectivity index (χ4n) is 3.58. The van der Waals surface area contributed by atoms with Gasteiger partial charge in [-0.3, -0.25) is 4.90 Å². The monoisotopic (exact) mass is 319 g/mol. The SMILES string of the molecule is CC1CCCC(C=O)(CN2CCSCC2S(C)(=O)=O)C1. The summed E-state index contributed by atoms with van der Waals surface area (Å²) in [7, 11) is -3.09. The van der Waals surface area contributed by atoms with Gasteiger partial charge in [-0.1, -0.05) is 19.8 Å². The molecule has 1 saturated heterocycles. The molecule has 0 amide bonds. The van der Waals surface area contributed by atoms with E-state index in [-0.39, 0.29) is 5.41 Å². The smallest absolute Gasteiger partial charge is 0.164 e. The third kappa shape index (κ3) is 3.77. The molecule has 1 saturated carbocycles. The number of aldehydes is 1. The van der Waals surface area contributed by atoms with Gasteiger partial charge in [-0.2, -0.15) is 11.8 Å².